The molecule has 3 aromatic carbocycles. The molecular weight excluding hydrogens is 462 g/mol. The molecule has 30 heavy (non-hydrogen) atoms. The Morgan fingerprint density at radius 1 is 1.00 bits per heavy atom. The van der Waals surface area contributed by atoms with Crippen LogP contribution in [0.3, 0.4) is 0 Å². The van der Waals surface area contributed by atoms with Crippen LogP contribution in [0.5, 0.6) is 5.75 Å². The van der Waals surface area contributed by atoms with E-state index in [2.05, 4.69) is 49.4 Å². The Labute approximate surface area is 189 Å². The Kier molecular flexibility index (Phi) is 7.05. The summed E-state index contributed by atoms with van der Waals surface area (Å²) in [5.74, 6) is 1.88. The lowest BCUT2D eigenvalue weighted by Gasteiger charge is -2.11. The number of aromatic amines is 1. The zero-order valence-electron chi connectivity index (χ0n) is 16.5. The summed E-state index contributed by atoms with van der Waals surface area (Å²) < 4.78 is 6.87. The number of hydrogen-bond donors (Lipinski definition) is 2. The molecule has 4 nitrogen and oxygen atoms in total. The zero-order valence-corrected chi connectivity index (χ0v) is 18.8. The summed E-state index contributed by atoms with van der Waals surface area (Å²) >= 11 is 9.54. The second-order valence-electron chi connectivity index (χ2n) is 7.16. The Morgan fingerprint density at radius 3 is 2.60 bits per heavy atom. The average Bonchev–Trinajstić information content (AvgIpc) is 3.17. The average molecular weight is 485 g/mol. The van der Waals surface area contributed by atoms with E-state index in [4.69, 9.17) is 16.3 Å². The smallest absolute Gasteiger partial charge is 0.134 e. The van der Waals surface area contributed by atoms with Crippen molar-refractivity contribution in [2.45, 2.75) is 26.0 Å². The van der Waals surface area contributed by atoms with E-state index in [0.717, 1.165) is 63.6 Å². The Hall–Kier alpha value is -2.34. The van der Waals surface area contributed by atoms with E-state index in [-0.39, 0.29) is 0 Å². The van der Waals surface area contributed by atoms with Crippen molar-refractivity contribution >= 4 is 38.6 Å². The van der Waals surface area contributed by atoms with Gasteiger partial charge in [0.25, 0.3) is 0 Å². The summed E-state index contributed by atoms with van der Waals surface area (Å²) in [7, 11) is 0. The lowest BCUT2D eigenvalue weighted by Crippen LogP contribution is -2.15. The van der Waals surface area contributed by atoms with Gasteiger partial charge in [0.2, 0.25) is 0 Å². The fourth-order valence-electron chi connectivity index (χ4n) is 3.25. The lowest BCUT2D eigenvalue weighted by molar-refractivity contribution is 0.304. The lowest BCUT2D eigenvalue weighted by atomic mass is 10.2. The van der Waals surface area contributed by atoms with E-state index in [0.29, 0.717) is 6.61 Å². The number of aromatic nitrogens is 2. The van der Waals surface area contributed by atoms with Crippen molar-refractivity contribution in [1.29, 1.82) is 0 Å². The van der Waals surface area contributed by atoms with Crippen LogP contribution in [-0.2, 0) is 19.6 Å². The first-order valence-corrected chi connectivity index (χ1v) is 11.1. The standard InChI is InChI=1S/C24H23BrClN3O/c25-20-14-18(9-12-23(20)30-16-17-7-10-19(26)11-8-17)15-27-13-3-6-24-28-21-4-1-2-5-22(21)29-24/h1-2,4-5,7-12,14,27H,3,6,13,15-16H2,(H,28,29). The van der Waals surface area contributed by atoms with Gasteiger partial charge in [-0.2, -0.15) is 0 Å². The van der Waals surface area contributed by atoms with Gasteiger partial charge in [0.1, 0.15) is 18.2 Å². The van der Waals surface area contributed by atoms with Crippen LogP contribution in [0.15, 0.2) is 71.2 Å². The van der Waals surface area contributed by atoms with E-state index >= 15 is 0 Å². The minimum Gasteiger partial charge on any atom is -0.488 e. The number of rotatable bonds is 9. The largest absolute Gasteiger partial charge is 0.488 e. The molecule has 0 fully saturated rings. The van der Waals surface area contributed by atoms with Crippen LogP contribution in [0.4, 0.5) is 0 Å². The van der Waals surface area contributed by atoms with E-state index in [1.165, 1.54) is 5.56 Å². The normalized spacial score (nSPS) is 11.1. The summed E-state index contributed by atoms with van der Waals surface area (Å²) in [6.07, 6.45) is 1.96. The number of ether oxygens (including phenoxy) is 1. The van der Waals surface area contributed by atoms with Gasteiger partial charge in [-0.05, 0) is 76.4 Å². The number of H-pyrrole nitrogens is 1. The number of para-hydroxylation sites is 2. The highest BCUT2D eigenvalue weighted by atomic mass is 79.9. The molecular formula is C24H23BrClN3O. The Balaban J connectivity index is 1.21. The van der Waals surface area contributed by atoms with Crippen molar-refractivity contribution in [2.24, 2.45) is 0 Å². The molecule has 0 aliphatic heterocycles. The summed E-state index contributed by atoms with van der Waals surface area (Å²) in [5, 5.41) is 4.23. The molecule has 0 atom stereocenters. The van der Waals surface area contributed by atoms with E-state index in [1.54, 1.807) is 0 Å². The molecule has 154 valence electrons. The van der Waals surface area contributed by atoms with E-state index < -0.39 is 0 Å². The monoisotopic (exact) mass is 483 g/mol. The molecule has 0 bridgehead atoms. The molecule has 1 aromatic heterocycles. The topological polar surface area (TPSA) is 49.9 Å². The third kappa shape index (κ3) is 5.63. The van der Waals surface area contributed by atoms with Gasteiger partial charge in [-0.25, -0.2) is 4.98 Å². The molecule has 0 radical (unpaired) electrons. The van der Waals surface area contributed by atoms with Gasteiger partial charge in [-0.1, -0.05) is 41.9 Å². The quantitative estimate of drug-likeness (QED) is 0.275. The molecule has 4 rings (SSSR count). The van der Waals surface area contributed by atoms with Crippen LogP contribution < -0.4 is 10.1 Å². The molecule has 0 unspecified atom stereocenters. The molecule has 0 aliphatic carbocycles. The second-order valence-corrected chi connectivity index (χ2v) is 8.45. The number of benzene rings is 3. The molecule has 0 saturated carbocycles. The van der Waals surface area contributed by atoms with Gasteiger partial charge in [0.15, 0.2) is 0 Å². The molecule has 0 spiro atoms. The maximum Gasteiger partial charge on any atom is 0.134 e. The van der Waals surface area contributed by atoms with Gasteiger partial charge >= 0.3 is 0 Å². The van der Waals surface area contributed by atoms with Gasteiger partial charge < -0.3 is 15.0 Å². The molecule has 0 saturated heterocycles. The summed E-state index contributed by atoms with van der Waals surface area (Å²) in [6.45, 7) is 2.26. The first-order chi connectivity index (χ1) is 14.7. The van der Waals surface area contributed by atoms with Gasteiger partial charge in [0.05, 0.1) is 15.5 Å². The zero-order chi connectivity index (χ0) is 20.8. The Morgan fingerprint density at radius 2 is 1.80 bits per heavy atom. The first kappa shape index (κ1) is 20.9. The van der Waals surface area contributed by atoms with Crippen molar-refractivity contribution < 1.29 is 4.74 Å². The highest BCUT2D eigenvalue weighted by Crippen LogP contribution is 2.27. The summed E-state index contributed by atoms with van der Waals surface area (Å²) in [4.78, 5) is 8.00. The SMILES string of the molecule is Clc1ccc(COc2ccc(CNCCCc3nc4ccccc4[nH]3)cc2Br)cc1. The maximum absolute atomic E-state index is 5.92. The number of fused-ring (bicyclic) bond motifs is 1. The fourth-order valence-corrected chi connectivity index (χ4v) is 3.92. The minimum absolute atomic E-state index is 0.509. The van der Waals surface area contributed by atoms with Crippen LogP contribution in [0.2, 0.25) is 5.02 Å². The molecule has 6 heteroatoms. The van der Waals surface area contributed by atoms with Crippen molar-refractivity contribution in [3.8, 4) is 5.75 Å². The Bertz CT molecular complexity index is 1080. The molecule has 2 N–H and O–H groups in total. The molecule has 0 aliphatic rings. The third-order valence-electron chi connectivity index (χ3n) is 4.84. The van der Waals surface area contributed by atoms with Crippen LogP contribution in [0.1, 0.15) is 23.4 Å². The number of nitrogens with zero attached hydrogens (tertiary/aromatic N) is 1. The predicted octanol–water partition coefficient (Wildman–Crippen LogP) is 6.28. The summed E-state index contributed by atoms with van der Waals surface area (Å²) in [6, 6.07) is 22.0. The minimum atomic E-state index is 0.509. The van der Waals surface area contributed by atoms with Gasteiger partial charge in [-0.15, -0.1) is 0 Å². The number of aryl methyl sites for hydroxylation is 1. The van der Waals surface area contributed by atoms with E-state index in [1.807, 2.05) is 48.5 Å². The molecule has 1 heterocycles. The number of halogens is 2. The van der Waals surface area contributed by atoms with Crippen molar-refractivity contribution in [3.63, 3.8) is 0 Å². The predicted molar refractivity (Wildman–Crippen MR) is 126 cm³/mol. The maximum atomic E-state index is 5.92. The highest BCUT2D eigenvalue weighted by molar-refractivity contribution is 9.10. The van der Waals surface area contributed by atoms with Gasteiger partial charge in [0, 0.05) is 18.0 Å². The number of hydrogen-bond acceptors (Lipinski definition) is 3. The van der Waals surface area contributed by atoms with E-state index in [9.17, 15) is 0 Å². The number of nitrogens with one attached hydrogen (secondary N) is 2. The number of imidazole rings is 1. The van der Waals surface area contributed by atoms with Crippen molar-refractivity contribution in [3.05, 3.63) is 93.2 Å². The van der Waals surface area contributed by atoms with Crippen molar-refractivity contribution in [1.82, 2.24) is 15.3 Å². The van der Waals surface area contributed by atoms with Crippen LogP contribution in [0, 0.1) is 0 Å². The van der Waals surface area contributed by atoms with Gasteiger partial charge in [-0.3, -0.25) is 0 Å². The molecule has 4 aromatic rings. The van der Waals surface area contributed by atoms with Crippen LogP contribution in [-0.4, -0.2) is 16.5 Å². The van der Waals surface area contributed by atoms with Crippen LogP contribution >= 0.6 is 27.5 Å². The fraction of sp³-hybridized carbons (Fsp3) is 0.208. The summed E-state index contributed by atoms with van der Waals surface area (Å²) in [5.41, 5.74) is 4.43. The first-order valence-electron chi connectivity index (χ1n) is 9.97. The molecule has 0 amide bonds. The third-order valence-corrected chi connectivity index (χ3v) is 5.71. The second kappa shape index (κ2) is 10.1. The highest BCUT2D eigenvalue weighted by Gasteiger charge is 2.05. The van der Waals surface area contributed by atoms with Crippen LogP contribution in [0.25, 0.3) is 11.0 Å². The van der Waals surface area contributed by atoms with Crippen molar-refractivity contribution in [2.75, 3.05) is 6.54 Å².